The van der Waals surface area contributed by atoms with Crippen molar-refractivity contribution >= 4 is 23.4 Å². The van der Waals surface area contributed by atoms with Gasteiger partial charge in [0.15, 0.2) is 0 Å². The molecule has 4 aliphatic heterocycles. The largest absolute Gasteiger partial charge is 0.403 e. The van der Waals surface area contributed by atoms with Crippen LogP contribution in [0.3, 0.4) is 0 Å². The lowest BCUT2D eigenvalue weighted by molar-refractivity contribution is -0.185. The fraction of sp³-hybridized carbons (Fsp3) is 0.450. The van der Waals surface area contributed by atoms with Gasteiger partial charge in [0.25, 0.3) is 11.5 Å². The summed E-state index contributed by atoms with van der Waals surface area (Å²) < 4.78 is 11.4. The van der Waals surface area contributed by atoms with Gasteiger partial charge in [0.2, 0.25) is 17.9 Å². The molecule has 3 saturated heterocycles. The first-order valence-electron chi connectivity index (χ1n) is 10.1. The third-order valence-electron chi connectivity index (χ3n) is 6.35. The SMILES string of the molecule is N#Cc1ccc2c3nc(cn12)OC(=O)C(O)(C(=O)N[C@H]1CN2CCC1CC2)C(O)C(=O)O3. The van der Waals surface area contributed by atoms with Crippen molar-refractivity contribution in [3.05, 3.63) is 24.0 Å². The van der Waals surface area contributed by atoms with Crippen molar-refractivity contribution in [1.82, 2.24) is 19.6 Å². The predicted molar refractivity (Wildman–Crippen MR) is 103 cm³/mol. The summed E-state index contributed by atoms with van der Waals surface area (Å²) in [6.45, 7) is 2.34. The van der Waals surface area contributed by atoms with Gasteiger partial charge in [0, 0.05) is 12.6 Å². The van der Waals surface area contributed by atoms with E-state index in [0.717, 1.165) is 25.9 Å². The van der Waals surface area contributed by atoms with Crippen LogP contribution in [-0.4, -0.2) is 79.7 Å². The Morgan fingerprint density at radius 1 is 1.28 bits per heavy atom. The van der Waals surface area contributed by atoms with Gasteiger partial charge in [0.1, 0.15) is 17.3 Å². The summed E-state index contributed by atoms with van der Waals surface area (Å²) in [6.07, 6.45) is 0.300. The quantitative estimate of drug-likeness (QED) is 0.362. The number of amides is 1. The molecule has 2 unspecified atom stereocenters. The van der Waals surface area contributed by atoms with E-state index in [0.29, 0.717) is 6.54 Å². The lowest BCUT2D eigenvalue weighted by Crippen LogP contribution is -2.68. The molecule has 6 heterocycles. The maximum absolute atomic E-state index is 13.0. The Hall–Kier alpha value is -3.53. The van der Waals surface area contributed by atoms with E-state index >= 15 is 0 Å². The molecule has 3 atom stereocenters. The molecule has 1 amide bonds. The molecule has 3 fully saturated rings. The highest BCUT2D eigenvalue weighted by Gasteiger charge is 2.58. The molecule has 32 heavy (non-hydrogen) atoms. The highest BCUT2D eigenvalue weighted by atomic mass is 16.6. The van der Waals surface area contributed by atoms with E-state index in [-0.39, 0.29) is 29.1 Å². The summed E-state index contributed by atoms with van der Waals surface area (Å²) in [5, 5.41) is 33.3. The fourth-order valence-electron chi connectivity index (χ4n) is 4.50. The number of nitrogens with zero attached hydrogens (tertiary/aromatic N) is 4. The molecule has 0 spiro atoms. The van der Waals surface area contributed by atoms with Crippen molar-refractivity contribution in [2.24, 2.45) is 5.92 Å². The van der Waals surface area contributed by atoms with Gasteiger partial charge in [-0.25, -0.2) is 9.59 Å². The molecular formula is C20H19N5O7. The summed E-state index contributed by atoms with van der Waals surface area (Å²) in [7, 11) is 0. The van der Waals surface area contributed by atoms with Crippen LogP contribution < -0.4 is 14.8 Å². The standard InChI is InChI=1S/C20H19N5O7/c21-7-11-1-2-13-16-23-14(9-25(11)13)31-19(29)20(30,15(26)17(27)32-16)18(28)22-12-8-24-5-3-10(12)4-6-24/h1-2,9-10,12,15,26,30H,3-6,8H2,(H,22,28)/t12-,15?,20?/m0/s1. The van der Waals surface area contributed by atoms with E-state index in [1.807, 2.05) is 6.07 Å². The molecule has 12 heteroatoms. The van der Waals surface area contributed by atoms with Gasteiger partial charge in [-0.2, -0.15) is 10.2 Å². The first-order valence-corrected chi connectivity index (χ1v) is 10.1. The Labute approximate surface area is 180 Å². The Morgan fingerprint density at radius 2 is 2.03 bits per heavy atom. The number of carbonyl (C=O) groups excluding carboxylic acids is 3. The summed E-state index contributed by atoms with van der Waals surface area (Å²) >= 11 is 0. The number of aliphatic hydroxyl groups excluding tert-OH is 1. The van der Waals surface area contributed by atoms with Gasteiger partial charge in [-0.3, -0.25) is 9.20 Å². The van der Waals surface area contributed by atoms with Crippen molar-refractivity contribution in [2.75, 3.05) is 19.6 Å². The molecule has 2 aromatic rings. The number of carbonyl (C=O) groups is 3. The van der Waals surface area contributed by atoms with E-state index in [2.05, 4.69) is 15.2 Å². The summed E-state index contributed by atoms with van der Waals surface area (Å²) in [6, 6.07) is 4.43. The smallest absolute Gasteiger partial charge is 0.358 e. The number of nitriles is 1. The molecule has 166 valence electrons. The van der Waals surface area contributed by atoms with Crippen LogP contribution in [0.15, 0.2) is 18.3 Å². The van der Waals surface area contributed by atoms with E-state index in [9.17, 15) is 29.9 Å². The first-order chi connectivity index (χ1) is 15.3. The zero-order valence-electron chi connectivity index (χ0n) is 16.7. The van der Waals surface area contributed by atoms with Crippen LogP contribution in [0, 0.1) is 17.2 Å². The van der Waals surface area contributed by atoms with E-state index in [1.165, 1.54) is 22.7 Å². The number of hydrogen-bond donors (Lipinski definition) is 3. The van der Waals surface area contributed by atoms with Gasteiger partial charge >= 0.3 is 11.9 Å². The predicted octanol–water partition coefficient (Wildman–Crippen LogP) is -1.67. The number of aromatic nitrogens is 2. The molecule has 2 aromatic heterocycles. The number of piperidine rings is 3. The second kappa shape index (κ2) is 7.27. The van der Waals surface area contributed by atoms with E-state index in [4.69, 9.17) is 9.47 Å². The number of fused-ring (bicyclic) bond motifs is 7. The van der Waals surface area contributed by atoms with Gasteiger partial charge in [-0.1, -0.05) is 0 Å². The number of esters is 2. The molecule has 3 N–H and O–H groups in total. The lowest BCUT2D eigenvalue weighted by atomic mass is 9.83. The number of aliphatic hydroxyl groups is 2. The van der Waals surface area contributed by atoms with E-state index in [1.54, 1.807) is 0 Å². The third-order valence-corrected chi connectivity index (χ3v) is 6.35. The van der Waals surface area contributed by atoms with Crippen molar-refractivity contribution < 1.29 is 34.1 Å². The summed E-state index contributed by atoms with van der Waals surface area (Å²) in [5.41, 5.74) is -2.94. The van der Waals surface area contributed by atoms with Crippen LogP contribution in [0.2, 0.25) is 0 Å². The summed E-state index contributed by atoms with van der Waals surface area (Å²) in [5.74, 6) is -4.95. The van der Waals surface area contributed by atoms with Gasteiger partial charge < -0.3 is 29.9 Å². The normalized spacial score (nSPS) is 31.7. The highest BCUT2D eigenvalue weighted by Crippen LogP contribution is 2.30. The minimum absolute atomic E-state index is 0.132. The molecule has 6 rings (SSSR count). The average molecular weight is 441 g/mol. The van der Waals surface area contributed by atoms with Crippen LogP contribution in [0.5, 0.6) is 11.8 Å². The Bertz CT molecular complexity index is 1180. The molecule has 4 aliphatic rings. The van der Waals surface area contributed by atoms with Gasteiger partial charge in [0.05, 0.1) is 6.20 Å². The highest BCUT2D eigenvalue weighted by molar-refractivity contribution is 6.11. The third kappa shape index (κ3) is 3.01. The second-order valence-electron chi connectivity index (χ2n) is 8.17. The topological polar surface area (TPSA) is 166 Å². The fourth-order valence-corrected chi connectivity index (χ4v) is 4.50. The van der Waals surface area contributed by atoms with Crippen LogP contribution in [0.1, 0.15) is 18.5 Å². The van der Waals surface area contributed by atoms with Gasteiger partial charge in [-0.15, -0.1) is 0 Å². The molecular weight excluding hydrogens is 422 g/mol. The van der Waals surface area contributed by atoms with E-state index < -0.39 is 35.4 Å². The molecule has 0 saturated carbocycles. The minimum Gasteiger partial charge on any atom is -0.403 e. The van der Waals surface area contributed by atoms with Crippen LogP contribution in [-0.2, 0) is 14.4 Å². The van der Waals surface area contributed by atoms with Crippen LogP contribution in [0.25, 0.3) is 5.52 Å². The zero-order valence-corrected chi connectivity index (χ0v) is 16.7. The molecule has 0 aliphatic carbocycles. The summed E-state index contributed by atoms with van der Waals surface area (Å²) in [4.78, 5) is 44.5. The first kappa shape index (κ1) is 20.4. The number of rotatable bonds is 2. The number of ether oxygens (including phenoxy) is 2. The lowest BCUT2D eigenvalue weighted by Gasteiger charge is -2.45. The van der Waals surface area contributed by atoms with Crippen LogP contribution >= 0.6 is 0 Å². The Morgan fingerprint density at radius 3 is 2.69 bits per heavy atom. The second-order valence-corrected chi connectivity index (χ2v) is 8.17. The zero-order chi connectivity index (χ0) is 22.6. The maximum atomic E-state index is 13.0. The maximum Gasteiger partial charge on any atom is 0.358 e. The van der Waals surface area contributed by atoms with Crippen LogP contribution in [0.4, 0.5) is 0 Å². The molecule has 4 bridgehead atoms. The van der Waals surface area contributed by atoms with Crippen molar-refractivity contribution in [3.8, 4) is 17.8 Å². The van der Waals surface area contributed by atoms with Gasteiger partial charge in [-0.05, 0) is 44.0 Å². The van der Waals surface area contributed by atoms with Crippen molar-refractivity contribution in [2.45, 2.75) is 30.6 Å². The molecule has 12 nitrogen and oxygen atoms in total. The van der Waals surface area contributed by atoms with Crippen molar-refractivity contribution in [3.63, 3.8) is 0 Å². The Kier molecular flexibility index (Phi) is 4.63. The molecule has 0 aromatic carbocycles. The minimum atomic E-state index is -3.26. The molecule has 0 radical (unpaired) electrons. The average Bonchev–Trinajstić information content (AvgIpc) is 3.22. The number of hydrogen-bond acceptors (Lipinski definition) is 10. The van der Waals surface area contributed by atoms with Crippen molar-refractivity contribution in [1.29, 1.82) is 5.26 Å². The number of nitrogens with one attached hydrogen (secondary N) is 1. The Balaban J connectivity index is 1.49. The monoisotopic (exact) mass is 441 g/mol.